The van der Waals surface area contributed by atoms with Crippen molar-refractivity contribution < 1.29 is 9.47 Å². The quantitative estimate of drug-likeness (QED) is 0.182. The van der Waals surface area contributed by atoms with E-state index in [0.29, 0.717) is 0 Å². The summed E-state index contributed by atoms with van der Waals surface area (Å²) in [5.41, 5.74) is 1.60. The molecule has 0 aliphatic carbocycles. The first-order valence-corrected chi connectivity index (χ1v) is 11.1. The molecule has 0 aromatic heterocycles. The standard InChI is InChI=1S/C20H24Br2N2O2/c21-13-1-3-15-25-19-9-5-17(6-10-19)23-24-18-7-11-20(12-8-18)26-16-4-2-14-22/h5-12H,1-4,13-16H2. The van der Waals surface area contributed by atoms with Crippen LogP contribution in [-0.2, 0) is 0 Å². The summed E-state index contributed by atoms with van der Waals surface area (Å²) in [5, 5.41) is 10.5. The lowest BCUT2D eigenvalue weighted by molar-refractivity contribution is 0.310. The van der Waals surface area contributed by atoms with Gasteiger partial charge in [0.1, 0.15) is 11.5 Å². The van der Waals surface area contributed by atoms with Crippen LogP contribution in [0.5, 0.6) is 11.5 Å². The van der Waals surface area contributed by atoms with Gasteiger partial charge in [0.25, 0.3) is 0 Å². The SMILES string of the molecule is BrCCCCOc1ccc(N=Nc2ccc(OCCCCBr)cc2)cc1. The van der Waals surface area contributed by atoms with Crippen molar-refractivity contribution in [3.8, 4) is 11.5 Å². The summed E-state index contributed by atoms with van der Waals surface area (Å²) in [4.78, 5) is 0. The largest absolute Gasteiger partial charge is 0.494 e. The lowest BCUT2D eigenvalue weighted by Crippen LogP contribution is -1.97. The summed E-state index contributed by atoms with van der Waals surface area (Å²) in [5.74, 6) is 1.72. The maximum atomic E-state index is 5.68. The highest BCUT2D eigenvalue weighted by molar-refractivity contribution is 9.09. The van der Waals surface area contributed by atoms with Crippen LogP contribution in [-0.4, -0.2) is 23.9 Å². The van der Waals surface area contributed by atoms with Gasteiger partial charge in [-0.05, 0) is 74.2 Å². The molecule has 0 bridgehead atoms. The van der Waals surface area contributed by atoms with Gasteiger partial charge in [0.05, 0.1) is 24.6 Å². The van der Waals surface area contributed by atoms with Crippen LogP contribution < -0.4 is 9.47 Å². The summed E-state index contributed by atoms with van der Waals surface area (Å²) >= 11 is 6.83. The summed E-state index contributed by atoms with van der Waals surface area (Å²) < 4.78 is 11.4. The Hall–Kier alpha value is -1.40. The fourth-order valence-corrected chi connectivity index (χ4v) is 2.90. The third-order valence-corrected chi connectivity index (χ3v) is 4.67. The van der Waals surface area contributed by atoms with Gasteiger partial charge in [0, 0.05) is 10.7 Å². The Morgan fingerprint density at radius 2 is 0.962 bits per heavy atom. The molecule has 140 valence electrons. The van der Waals surface area contributed by atoms with Crippen molar-refractivity contribution in [3.05, 3.63) is 48.5 Å². The van der Waals surface area contributed by atoms with E-state index in [-0.39, 0.29) is 0 Å². The number of unbranched alkanes of at least 4 members (excludes halogenated alkanes) is 2. The molecule has 0 fully saturated rings. The first kappa shape index (κ1) is 20.9. The highest BCUT2D eigenvalue weighted by atomic mass is 79.9. The fourth-order valence-electron chi connectivity index (χ4n) is 2.11. The van der Waals surface area contributed by atoms with Gasteiger partial charge in [-0.2, -0.15) is 10.2 Å². The first-order chi connectivity index (χ1) is 12.8. The predicted molar refractivity (Wildman–Crippen MR) is 114 cm³/mol. The van der Waals surface area contributed by atoms with Gasteiger partial charge >= 0.3 is 0 Å². The molecule has 0 atom stereocenters. The number of hydrogen-bond donors (Lipinski definition) is 0. The van der Waals surface area contributed by atoms with Crippen LogP contribution in [0.25, 0.3) is 0 Å². The van der Waals surface area contributed by atoms with Crippen molar-refractivity contribution in [2.24, 2.45) is 10.2 Å². The predicted octanol–water partition coefficient (Wildman–Crippen LogP) is 7.21. The second-order valence-electron chi connectivity index (χ2n) is 5.68. The number of alkyl halides is 2. The lowest BCUT2D eigenvalue weighted by atomic mass is 10.3. The monoisotopic (exact) mass is 482 g/mol. The van der Waals surface area contributed by atoms with E-state index in [1.54, 1.807) is 0 Å². The average molecular weight is 484 g/mol. The van der Waals surface area contributed by atoms with Gasteiger partial charge in [-0.25, -0.2) is 0 Å². The van der Waals surface area contributed by atoms with Crippen LogP contribution in [0.1, 0.15) is 25.7 Å². The molecule has 0 saturated heterocycles. The number of rotatable bonds is 12. The molecule has 0 N–H and O–H groups in total. The number of ether oxygens (including phenoxy) is 2. The van der Waals surface area contributed by atoms with E-state index >= 15 is 0 Å². The van der Waals surface area contributed by atoms with Crippen molar-refractivity contribution in [1.82, 2.24) is 0 Å². The molecular weight excluding hydrogens is 460 g/mol. The normalized spacial score (nSPS) is 11.0. The minimum absolute atomic E-state index is 0.733. The maximum absolute atomic E-state index is 5.68. The van der Waals surface area contributed by atoms with Crippen molar-refractivity contribution >= 4 is 43.2 Å². The summed E-state index contributed by atoms with van der Waals surface area (Å²) in [6.07, 6.45) is 4.33. The van der Waals surface area contributed by atoms with Crippen molar-refractivity contribution in [2.75, 3.05) is 23.9 Å². The highest BCUT2D eigenvalue weighted by Crippen LogP contribution is 2.23. The van der Waals surface area contributed by atoms with E-state index in [9.17, 15) is 0 Å². The van der Waals surface area contributed by atoms with E-state index in [1.807, 2.05) is 48.5 Å². The van der Waals surface area contributed by atoms with Crippen LogP contribution in [0.2, 0.25) is 0 Å². The fraction of sp³-hybridized carbons (Fsp3) is 0.400. The molecule has 0 saturated carbocycles. The Kier molecular flexibility index (Phi) is 10.4. The van der Waals surface area contributed by atoms with Crippen molar-refractivity contribution in [2.45, 2.75) is 25.7 Å². The number of halogens is 2. The molecule has 0 aliphatic heterocycles. The van der Waals surface area contributed by atoms with E-state index in [0.717, 1.165) is 72.4 Å². The Bertz CT molecular complexity index is 588. The zero-order valence-corrected chi connectivity index (χ0v) is 17.9. The maximum Gasteiger partial charge on any atom is 0.119 e. The molecular formula is C20H24Br2N2O2. The Labute approximate surface area is 172 Å². The van der Waals surface area contributed by atoms with Crippen LogP contribution in [0.15, 0.2) is 58.8 Å². The number of benzene rings is 2. The zero-order chi connectivity index (χ0) is 18.5. The third kappa shape index (κ3) is 8.32. The summed E-state index contributed by atoms with van der Waals surface area (Å²) in [6.45, 7) is 1.47. The zero-order valence-electron chi connectivity index (χ0n) is 14.7. The van der Waals surface area contributed by atoms with Gasteiger partial charge < -0.3 is 9.47 Å². The summed E-state index contributed by atoms with van der Waals surface area (Å²) in [6, 6.07) is 15.3. The second kappa shape index (κ2) is 12.9. The molecule has 2 aromatic rings. The molecule has 0 spiro atoms. The molecule has 2 rings (SSSR count). The van der Waals surface area contributed by atoms with E-state index in [2.05, 4.69) is 42.1 Å². The Morgan fingerprint density at radius 3 is 1.31 bits per heavy atom. The van der Waals surface area contributed by atoms with Crippen LogP contribution in [0.4, 0.5) is 11.4 Å². The van der Waals surface area contributed by atoms with Gasteiger partial charge in [-0.15, -0.1) is 0 Å². The minimum atomic E-state index is 0.733. The van der Waals surface area contributed by atoms with Crippen molar-refractivity contribution in [3.63, 3.8) is 0 Å². The molecule has 0 radical (unpaired) electrons. The van der Waals surface area contributed by atoms with Gasteiger partial charge in [0.2, 0.25) is 0 Å². The second-order valence-corrected chi connectivity index (χ2v) is 7.26. The van der Waals surface area contributed by atoms with Crippen molar-refractivity contribution in [1.29, 1.82) is 0 Å². The molecule has 0 amide bonds. The number of azo groups is 1. The number of hydrogen-bond acceptors (Lipinski definition) is 4. The minimum Gasteiger partial charge on any atom is -0.494 e. The first-order valence-electron chi connectivity index (χ1n) is 8.81. The van der Waals surface area contributed by atoms with E-state index < -0.39 is 0 Å². The van der Waals surface area contributed by atoms with Crippen LogP contribution in [0.3, 0.4) is 0 Å². The van der Waals surface area contributed by atoms with Gasteiger partial charge in [-0.1, -0.05) is 31.9 Å². The Morgan fingerprint density at radius 1 is 0.577 bits per heavy atom. The Balaban J connectivity index is 1.79. The van der Waals surface area contributed by atoms with E-state index in [4.69, 9.17) is 9.47 Å². The van der Waals surface area contributed by atoms with Gasteiger partial charge in [-0.3, -0.25) is 0 Å². The van der Waals surface area contributed by atoms with Crippen LogP contribution >= 0.6 is 31.9 Å². The highest BCUT2D eigenvalue weighted by Gasteiger charge is 1.97. The smallest absolute Gasteiger partial charge is 0.119 e. The molecule has 0 aliphatic rings. The lowest BCUT2D eigenvalue weighted by Gasteiger charge is -2.05. The number of nitrogens with zero attached hydrogens (tertiary/aromatic N) is 2. The molecule has 4 nitrogen and oxygen atoms in total. The average Bonchev–Trinajstić information content (AvgIpc) is 2.69. The molecule has 0 unspecified atom stereocenters. The molecule has 26 heavy (non-hydrogen) atoms. The molecule has 0 heterocycles. The van der Waals surface area contributed by atoms with Gasteiger partial charge in [0.15, 0.2) is 0 Å². The molecule has 2 aromatic carbocycles. The summed E-state index contributed by atoms with van der Waals surface area (Å²) in [7, 11) is 0. The molecule has 6 heteroatoms. The topological polar surface area (TPSA) is 43.2 Å². The third-order valence-electron chi connectivity index (χ3n) is 3.55. The van der Waals surface area contributed by atoms with Crippen LogP contribution in [0, 0.1) is 0 Å². The van der Waals surface area contributed by atoms with E-state index in [1.165, 1.54) is 0 Å².